The lowest BCUT2D eigenvalue weighted by atomic mass is 9.85. The standard InChI is InChI=1S/C8H13NO2.ClH/c1-5-2-3-7(9)6(4-5)8(10)11;/h2-3,5-7H,4,9H2,1H3,(H,10,11);1H. The summed E-state index contributed by atoms with van der Waals surface area (Å²) in [6.07, 6.45) is 4.42. The maximum Gasteiger partial charge on any atom is 0.308 e. The molecule has 0 radical (unpaired) electrons. The molecule has 3 nitrogen and oxygen atoms in total. The van der Waals surface area contributed by atoms with Crippen LogP contribution in [0.15, 0.2) is 12.2 Å². The summed E-state index contributed by atoms with van der Waals surface area (Å²) in [4.78, 5) is 10.6. The summed E-state index contributed by atoms with van der Waals surface area (Å²) in [5.74, 6) is -0.834. The van der Waals surface area contributed by atoms with Crippen molar-refractivity contribution in [2.45, 2.75) is 19.4 Å². The van der Waals surface area contributed by atoms with E-state index in [9.17, 15) is 4.79 Å². The first kappa shape index (κ1) is 11.5. The van der Waals surface area contributed by atoms with Crippen LogP contribution in [0, 0.1) is 11.8 Å². The van der Waals surface area contributed by atoms with E-state index >= 15 is 0 Å². The van der Waals surface area contributed by atoms with Crippen molar-refractivity contribution in [3.05, 3.63) is 12.2 Å². The Kier molecular flexibility index (Phi) is 4.28. The van der Waals surface area contributed by atoms with Gasteiger partial charge in [-0.2, -0.15) is 0 Å². The van der Waals surface area contributed by atoms with Gasteiger partial charge in [0.2, 0.25) is 0 Å². The van der Waals surface area contributed by atoms with Gasteiger partial charge in [-0.05, 0) is 12.3 Å². The Hall–Kier alpha value is -0.540. The topological polar surface area (TPSA) is 63.3 Å². The third-order valence-electron chi connectivity index (χ3n) is 2.07. The summed E-state index contributed by atoms with van der Waals surface area (Å²) in [5, 5.41) is 8.71. The summed E-state index contributed by atoms with van der Waals surface area (Å²) in [7, 11) is 0. The molecule has 1 aliphatic rings. The number of aliphatic carboxylic acids is 1. The Morgan fingerprint density at radius 1 is 1.58 bits per heavy atom. The monoisotopic (exact) mass is 191 g/mol. The average Bonchev–Trinajstić information content (AvgIpc) is 1.94. The molecule has 3 unspecified atom stereocenters. The van der Waals surface area contributed by atoms with Crippen molar-refractivity contribution in [3.63, 3.8) is 0 Å². The minimum Gasteiger partial charge on any atom is -0.481 e. The number of allylic oxidation sites excluding steroid dienone is 1. The van der Waals surface area contributed by atoms with Crippen molar-refractivity contribution in [2.75, 3.05) is 0 Å². The van der Waals surface area contributed by atoms with Crippen molar-refractivity contribution < 1.29 is 9.90 Å². The van der Waals surface area contributed by atoms with Crippen molar-refractivity contribution >= 4 is 18.4 Å². The maximum absolute atomic E-state index is 10.6. The van der Waals surface area contributed by atoms with Gasteiger partial charge in [-0.3, -0.25) is 4.79 Å². The van der Waals surface area contributed by atoms with Gasteiger partial charge in [0.05, 0.1) is 5.92 Å². The van der Waals surface area contributed by atoms with Crippen molar-refractivity contribution in [1.82, 2.24) is 0 Å². The van der Waals surface area contributed by atoms with Crippen LogP contribution in [0.3, 0.4) is 0 Å². The molecule has 0 fully saturated rings. The second-order valence-corrected chi connectivity index (χ2v) is 3.12. The molecule has 0 spiro atoms. The lowest BCUT2D eigenvalue weighted by molar-refractivity contribution is -0.142. The fourth-order valence-corrected chi connectivity index (χ4v) is 1.35. The van der Waals surface area contributed by atoms with Crippen LogP contribution >= 0.6 is 12.4 Å². The predicted molar refractivity (Wildman–Crippen MR) is 49.3 cm³/mol. The largest absolute Gasteiger partial charge is 0.481 e. The van der Waals surface area contributed by atoms with Crippen molar-refractivity contribution in [1.29, 1.82) is 0 Å². The Bertz CT molecular complexity index is 193. The minimum atomic E-state index is -0.784. The number of carboxylic acids is 1. The minimum absolute atomic E-state index is 0. The van der Waals surface area contributed by atoms with E-state index in [-0.39, 0.29) is 18.4 Å². The molecule has 0 amide bonds. The molecular weight excluding hydrogens is 178 g/mol. The smallest absolute Gasteiger partial charge is 0.308 e. The van der Waals surface area contributed by atoms with E-state index < -0.39 is 11.9 Å². The van der Waals surface area contributed by atoms with Gasteiger partial charge in [-0.15, -0.1) is 12.4 Å². The molecule has 0 saturated carbocycles. The Labute approximate surface area is 78.0 Å². The highest BCUT2D eigenvalue weighted by Gasteiger charge is 2.27. The summed E-state index contributed by atoms with van der Waals surface area (Å²) < 4.78 is 0. The van der Waals surface area contributed by atoms with E-state index in [4.69, 9.17) is 10.8 Å². The van der Waals surface area contributed by atoms with Gasteiger partial charge in [-0.25, -0.2) is 0 Å². The fraction of sp³-hybridized carbons (Fsp3) is 0.625. The zero-order chi connectivity index (χ0) is 8.43. The summed E-state index contributed by atoms with van der Waals surface area (Å²) >= 11 is 0. The third kappa shape index (κ3) is 2.50. The SMILES string of the molecule is CC1C=CC(N)C(C(=O)O)C1.Cl. The number of carboxylic acid groups (broad SMARTS) is 1. The molecular formula is C8H14ClNO2. The van der Waals surface area contributed by atoms with Gasteiger partial charge in [0.15, 0.2) is 0 Å². The van der Waals surface area contributed by atoms with E-state index in [2.05, 4.69) is 0 Å². The molecule has 0 aromatic carbocycles. The fourth-order valence-electron chi connectivity index (χ4n) is 1.35. The number of hydrogen-bond acceptors (Lipinski definition) is 2. The molecule has 0 saturated heterocycles. The van der Waals surface area contributed by atoms with Gasteiger partial charge in [-0.1, -0.05) is 19.1 Å². The first-order chi connectivity index (χ1) is 5.11. The van der Waals surface area contributed by atoms with E-state index in [0.29, 0.717) is 12.3 Å². The molecule has 12 heavy (non-hydrogen) atoms. The molecule has 0 aliphatic heterocycles. The molecule has 0 aromatic heterocycles. The lowest BCUT2D eigenvalue weighted by Gasteiger charge is -2.23. The molecule has 4 heteroatoms. The molecule has 0 bridgehead atoms. The Morgan fingerprint density at radius 3 is 2.58 bits per heavy atom. The van der Waals surface area contributed by atoms with Crippen LogP contribution in [-0.4, -0.2) is 17.1 Å². The highest BCUT2D eigenvalue weighted by atomic mass is 35.5. The highest BCUT2D eigenvalue weighted by molar-refractivity contribution is 5.85. The summed E-state index contributed by atoms with van der Waals surface area (Å²) in [6.45, 7) is 2.00. The Morgan fingerprint density at radius 2 is 2.17 bits per heavy atom. The Balaban J connectivity index is 0.00000121. The molecule has 3 atom stereocenters. The number of carbonyl (C=O) groups is 1. The summed E-state index contributed by atoms with van der Waals surface area (Å²) in [5.41, 5.74) is 5.57. The predicted octanol–water partition coefficient (Wildman–Crippen LogP) is 1.03. The zero-order valence-corrected chi connectivity index (χ0v) is 7.75. The zero-order valence-electron chi connectivity index (χ0n) is 6.93. The van der Waals surface area contributed by atoms with Crippen LogP contribution < -0.4 is 5.73 Å². The van der Waals surface area contributed by atoms with E-state index in [0.717, 1.165) is 0 Å². The van der Waals surface area contributed by atoms with Crippen molar-refractivity contribution in [3.8, 4) is 0 Å². The second kappa shape index (κ2) is 4.48. The van der Waals surface area contributed by atoms with Crippen LogP contribution in [0.25, 0.3) is 0 Å². The second-order valence-electron chi connectivity index (χ2n) is 3.12. The third-order valence-corrected chi connectivity index (χ3v) is 2.07. The number of halogens is 1. The molecule has 1 aliphatic carbocycles. The normalized spacial score (nSPS) is 34.0. The van der Waals surface area contributed by atoms with Crippen LogP contribution in [0.2, 0.25) is 0 Å². The van der Waals surface area contributed by atoms with E-state index in [1.165, 1.54) is 0 Å². The van der Waals surface area contributed by atoms with Gasteiger partial charge < -0.3 is 10.8 Å². The van der Waals surface area contributed by atoms with Crippen LogP contribution in [0.1, 0.15) is 13.3 Å². The first-order valence-corrected chi connectivity index (χ1v) is 3.78. The quantitative estimate of drug-likeness (QED) is 0.609. The number of hydrogen-bond donors (Lipinski definition) is 2. The first-order valence-electron chi connectivity index (χ1n) is 3.78. The van der Waals surface area contributed by atoms with Crippen LogP contribution in [0.5, 0.6) is 0 Å². The van der Waals surface area contributed by atoms with E-state index in [1.807, 2.05) is 13.0 Å². The summed E-state index contributed by atoms with van der Waals surface area (Å²) in [6, 6.07) is -0.302. The molecule has 0 heterocycles. The number of nitrogens with two attached hydrogens (primary N) is 1. The van der Waals surface area contributed by atoms with Crippen molar-refractivity contribution in [2.24, 2.45) is 17.6 Å². The average molecular weight is 192 g/mol. The molecule has 0 aromatic rings. The van der Waals surface area contributed by atoms with Gasteiger partial charge in [0, 0.05) is 6.04 Å². The van der Waals surface area contributed by atoms with Gasteiger partial charge >= 0.3 is 5.97 Å². The van der Waals surface area contributed by atoms with Crippen LogP contribution in [0.4, 0.5) is 0 Å². The lowest BCUT2D eigenvalue weighted by Crippen LogP contribution is -2.37. The highest BCUT2D eigenvalue weighted by Crippen LogP contribution is 2.22. The molecule has 1 rings (SSSR count). The van der Waals surface area contributed by atoms with Gasteiger partial charge in [0.1, 0.15) is 0 Å². The van der Waals surface area contributed by atoms with Crippen LogP contribution in [-0.2, 0) is 4.79 Å². The van der Waals surface area contributed by atoms with Gasteiger partial charge in [0.25, 0.3) is 0 Å². The van der Waals surface area contributed by atoms with E-state index in [1.54, 1.807) is 6.08 Å². The molecule has 70 valence electrons. The number of rotatable bonds is 1. The maximum atomic E-state index is 10.6. The molecule has 3 N–H and O–H groups in total.